The Morgan fingerprint density at radius 3 is 2.78 bits per heavy atom. The average Bonchev–Trinajstić information content (AvgIpc) is 1.85. The normalized spacial score (nSPS) is 13.0. The molecule has 9 heavy (non-hydrogen) atoms. The monoisotopic (exact) mass is 196 g/mol. The van der Waals surface area contributed by atoms with Crippen molar-refractivity contribution in [2.45, 2.75) is 17.1 Å². The number of aliphatic hydroxyl groups excluding tert-OH is 1. The van der Waals surface area contributed by atoms with Crippen molar-refractivity contribution in [1.82, 2.24) is 0 Å². The number of allylic oxidation sites excluding steroid dienone is 1. The second-order valence-electron chi connectivity index (χ2n) is 1.68. The van der Waals surface area contributed by atoms with Crippen LogP contribution in [-0.4, -0.2) is 25.5 Å². The van der Waals surface area contributed by atoms with E-state index in [0.29, 0.717) is 17.1 Å². The van der Waals surface area contributed by atoms with Gasteiger partial charge in [0.05, 0.1) is 0 Å². The minimum atomic E-state index is -1.63. The van der Waals surface area contributed by atoms with Gasteiger partial charge in [0.1, 0.15) is 0 Å². The van der Waals surface area contributed by atoms with E-state index in [1.807, 2.05) is 0 Å². The summed E-state index contributed by atoms with van der Waals surface area (Å²) in [7, 11) is 0. The van der Waals surface area contributed by atoms with Gasteiger partial charge in [-0.15, -0.1) is 0 Å². The Bertz CT molecular complexity index is 101. The second-order valence-corrected chi connectivity index (χ2v) is 5.08. The van der Waals surface area contributed by atoms with Crippen molar-refractivity contribution in [3.63, 3.8) is 0 Å². The van der Waals surface area contributed by atoms with Gasteiger partial charge in [0.15, 0.2) is 0 Å². The summed E-state index contributed by atoms with van der Waals surface area (Å²) < 4.78 is 10.8. The fraction of sp³-hybridized carbons (Fsp3) is 0.667. The van der Waals surface area contributed by atoms with Crippen LogP contribution in [0.1, 0.15) is 6.42 Å². The zero-order chi connectivity index (χ0) is 7.11. The van der Waals surface area contributed by atoms with Gasteiger partial charge < -0.3 is 0 Å². The Morgan fingerprint density at radius 2 is 2.33 bits per heavy atom. The van der Waals surface area contributed by atoms with E-state index in [9.17, 15) is 3.83 Å². The summed E-state index contributed by atoms with van der Waals surface area (Å²) in [5.41, 5.74) is 0. The zero-order valence-electron chi connectivity index (χ0n) is 5.38. The standard InChI is InChI=1S/C6H12O2Se/c1-2-5-9(8)6-3-4-7/h2,7H,1,3-6H2. The van der Waals surface area contributed by atoms with E-state index in [0.717, 1.165) is 0 Å². The first-order valence-corrected chi connectivity index (χ1v) is 6.00. The van der Waals surface area contributed by atoms with Crippen molar-refractivity contribution >= 4 is 13.8 Å². The summed E-state index contributed by atoms with van der Waals surface area (Å²) in [5.74, 6) is 0. The Kier molecular flexibility index (Phi) is 6.16. The van der Waals surface area contributed by atoms with Gasteiger partial charge in [-0.25, -0.2) is 0 Å². The molecule has 0 aromatic rings. The van der Waals surface area contributed by atoms with Gasteiger partial charge in [-0.2, -0.15) is 0 Å². The molecular formula is C6H12O2Se. The summed E-state index contributed by atoms with van der Waals surface area (Å²) in [6, 6.07) is 0. The second kappa shape index (κ2) is 6.14. The molecule has 0 bridgehead atoms. The molecule has 0 spiro atoms. The van der Waals surface area contributed by atoms with Crippen LogP contribution in [0, 0.1) is 0 Å². The maximum atomic E-state index is 10.8. The van der Waals surface area contributed by atoms with E-state index >= 15 is 0 Å². The number of aliphatic hydroxyl groups is 1. The molecule has 0 radical (unpaired) electrons. The quantitative estimate of drug-likeness (QED) is 0.524. The fourth-order valence-corrected chi connectivity index (χ4v) is 2.29. The van der Waals surface area contributed by atoms with Crippen LogP contribution in [0.5, 0.6) is 0 Å². The Hall–Kier alpha value is 0.0195. The summed E-state index contributed by atoms with van der Waals surface area (Å²) >= 11 is -1.63. The molecule has 0 rings (SSSR count). The maximum absolute atomic E-state index is 10.8. The molecule has 1 N–H and O–H groups in total. The predicted octanol–water partition coefficient (Wildman–Crippen LogP) is 0.977. The summed E-state index contributed by atoms with van der Waals surface area (Å²) in [6.45, 7) is 3.63. The van der Waals surface area contributed by atoms with Crippen LogP contribution >= 0.6 is 0 Å². The molecule has 0 aliphatic carbocycles. The van der Waals surface area contributed by atoms with Crippen LogP contribution in [0.15, 0.2) is 12.7 Å². The van der Waals surface area contributed by atoms with Gasteiger partial charge in [0.2, 0.25) is 0 Å². The van der Waals surface area contributed by atoms with Crippen molar-refractivity contribution in [3.05, 3.63) is 12.7 Å². The van der Waals surface area contributed by atoms with Gasteiger partial charge >= 0.3 is 59.1 Å². The molecule has 0 saturated heterocycles. The van der Waals surface area contributed by atoms with E-state index in [2.05, 4.69) is 6.58 Å². The Labute approximate surface area is 59.7 Å². The number of hydrogen-bond acceptors (Lipinski definition) is 2. The van der Waals surface area contributed by atoms with Crippen LogP contribution in [0.25, 0.3) is 0 Å². The molecule has 0 aromatic carbocycles. The van der Waals surface area contributed by atoms with Crippen LogP contribution in [0.3, 0.4) is 0 Å². The fourth-order valence-electron chi connectivity index (χ4n) is 0.440. The molecule has 0 saturated carbocycles. The summed E-state index contributed by atoms with van der Waals surface area (Å²) in [5, 5.41) is 9.66. The van der Waals surface area contributed by atoms with Gasteiger partial charge in [-0.1, -0.05) is 0 Å². The van der Waals surface area contributed by atoms with Crippen molar-refractivity contribution in [2.24, 2.45) is 0 Å². The summed E-state index contributed by atoms with van der Waals surface area (Å²) in [4.78, 5) is 0. The topological polar surface area (TPSA) is 37.3 Å². The zero-order valence-corrected chi connectivity index (χ0v) is 7.09. The molecule has 0 amide bonds. The van der Waals surface area contributed by atoms with Crippen molar-refractivity contribution in [2.75, 3.05) is 6.61 Å². The molecule has 0 aromatic heterocycles. The van der Waals surface area contributed by atoms with Crippen LogP contribution in [-0.2, 0) is 3.83 Å². The summed E-state index contributed by atoms with van der Waals surface area (Å²) in [6.07, 6.45) is 2.34. The molecule has 1 unspecified atom stereocenters. The van der Waals surface area contributed by atoms with Gasteiger partial charge in [-0.05, 0) is 0 Å². The van der Waals surface area contributed by atoms with Crippen LogP contribution in [0.4, 0.5) is 0 Å². The van der Waals surface area contributed by atoms with Gasteiger partial charge in [0, 0.05) is 0 Å². The van der Waals surface area contributed by atoms with E-state index in [1.54, 1.807) is 6.08 Å². The molecule has 2 nitrogen and oxygen atoms in total. The average molecular weight is 195 g/mol. The molecule has 0 aliphatic rings. The molecule has 0 heterocycles. The first-order valence-electron chi connectivity index (χ1n) is 2.88. The van der Waals surface area contributed by atoms with E-state index in [1.165, 1.54) is 0 Å². The molecule has 1 atom stereocenters. The van der Waals surface area contributed by atoms with Crippen LogP contribution in [0.2, 0.25) is 10.6 Å². The molecular weight excluding hydrogens is 183 g/mol. The Morgan fingerprint density at radius 1 is 1.67 bits per heavy atom. The number of rotatable bonds is 5. The molecule has 54 valence electrons. The molecule has 0 aliphatic heterocycles. The van der Waals surface area contributed by atoms with Crippen molar-refractivity contribution in [3.8, 4) is 0 Å². The third-order valence-corrected chi connectivity index (χ3v) is 3.67. The van der Waals surface area contributed by atoms with E-state index in [-0.39, 0.29) is 6.61 Å². The van der Waals surface area contributed by atoms with Gasteiger partial charge in [-0.3, -0.25) is 0 Å². The van der Waals surface area contributed by atoms with E-state index < -0.39 is 13.8 Å². The first-order chi connectivity index (χ1) is 4.31. The van der Waals surface area contributed by atoms with Crippen LogP contribution < -0.4 is 0 Å². The molecule has 0 fully saturated rings. The third kappa shape index (κ3) is 5.90. The minimum absolute atomic E-state index is 0.152. The first kappa shape index (κ1) is 9.02. The third-order valence-electron chi connectivity index (χ3n) is 0.834. The van der Waals surface area contributed by atoms with Gasteiger partial charge in [0.25, 0.3) is 0 Å². The van der Waals surface area contributed by atoms with Crippen molar-refractivity contribution in [1.29, 1.82) is 0 Å². The predicted molar refractivity (Wildman–Crippen MR) is 38.0 cm³/mol. The SMILES string of the molecule is C=CC[Se](=O)CCCO. The Balaban J connectivity index is 3.16. The van der Waals surface area contributed by atoms with E-state index in [4.69, 9.17) is 5.11 Å². The number of hydrogen-bond donors (Lipinski definition) is 1. The van der Waals surface area contributed by atoms with Crippen molar-refractivity contribution < 1.29 is 8.94 Å². The molecule has 3 heteroatoms.